The van der Waals surface area contributed by atoms with Crippen LogP contribution in [-0.4, -0.2) is 26.6 Å². The van der Waals surface area contributed by atoms with Crippen LogP contribution in [0.5, 0.6) is 0 Å². The van der Waals surface area contributed by atoms with Crippen molar-refractivity contribution in [3.05, 3.63) is 28.2 Å². The molecule has 1 aliphatic heterocycles. The summed E-state index contributed by atoms with van der Waals surface area (Å²) in [4.78, 5) is 13.7. The Kier molecular flexibility index (Phi) is 5.00. The van der Waals surface area contributed by atoms with Crippen LogP contribution in [0.1, 0.15) is 31.7 Å². The minimum Gasteiger partial charge on any atom is -0.311 e. The van der Waals surface area contributed by atoms with Gasteiger partial charge in [-0.05, 0) is 39.5 Å². The molecule has 2 rings (SSSR count). The van der Waals surface area contributed by atoms with Gasteiger partial charge in [-0.1, -0.05) is 19.9 Å². The lowest BCUT2D eigenvalue weighted by Gasteiger charge is -2.19. The van der Waals surface area contributed by atoms with E-state index in [4.69, 9.17) is 10.7 Å². The summed E-state index contributed by atoms with van der Waals surface area (Å²) in [5.74, 6) is -0.0906. The highest BCUT2D eigenvalue weighted by Gasteiger charge is 2.33. The Hall–Kier alpha value is -0.590. The third-order valence-electron chi connectivity index (χ3n) is 3.57. The fourth-order valence-corrected chi connectivity index (χ4v) is 4.44. The van der Waals surface area contributed by atoms with Gasteiger partial charge in [0.15, 0.2) is 0 Å². The molecule has 7 heteroatoms. The predicted molar refractivity (Wildman–Crippen MR) is 88.3 cm³/mol. The van der Waals surface area contributed by atoms with Gasteiger partial charge in [0.2, 0.25) is 15.0 Å². The molecule has 0 spiro atoms. The van der Waals surface area contributed by atoms with Crippen molar-refractivity contribution in [3.8, 4) is 0 Å². The van der Waals surface area contributed by atoms with Crippen molar-refractivity contribution in [2.75, 3.05) is 17.2 Å². The van der Waals surface area contributed by atoms with Crippen LogP contribution in [-0.2, 0) is 13.8 Å². The fraction of sp³-hybridized carbons (Fsp3) is 0.500. The smallest absolute Gasteiger partial charge is 0.232 e. The molecule has 4 nitrogen and oxygen atoms in total. The SMILES string of the molecule is CC(C)c1ccc(N2CC(CS(=O)(=O)Cl)CC2=O)c(Br)c1. The summed E-state index contributed by atoms with van der Waals surface area (Å²) in [6.45, 7) is 4.58. The van der Waals surface area contributed by atoms with Crippen molar-refractivity contribution < 1.29 is 13.2 Å². The maximum atomic E-state index is 12.1. The molecule has 1 aliphatic rings. The first-order valence-electron chi connectivity index (χ1n) is 6.69. The van der Waals surface area contributed by atoms with E-state index in [2.05, 4.69) is 29.8 Å². The lowest BCUT2D eigenvalue weighted by atomic mass is 10.0. The van der Waals surface area contributed by atoms with E-state index in [0.717, 1.165) is 10.2 Å². The lowest BCUT2D eigenvalue weighted by molar-refractivity contribution is -0.117. The highest BCUT2D eigenvalue weighted by atomic mass is 79.9. The zero-order chi connectivity index (χ0) is 15.8. The van der Waals surface area contributed by atoms with Gasteiger partial charge in [-0.15, -0.1) is 0 Å². The summed E-state index contributed by atoms with van der Waals surface area (Å²) in [7, 11) is 1.69. The quantitative estimate of drug-likeness (QED) is 0.735. The number of benzene rings is 1. The van der Waals surface area contributed by atoms with Crippen molar-refractivity contribution in [1.82, 2.24) is 0 Å². The summed E-state index contributed by atoms with van der Waals surface area (Å²) in [6, 6.07) is 5.89. The minimum absolute atomic E-state index is 0.0710. The van der Waals surface area contributed by atoms with Crippen molar-refractivity contribution >= 4 is 47.3 Å². The van der Waals surface area contributed by atoms with Crippen molar-refractivity contribution in [2.45, 2.75) is 26.2 Å². The van der Waals surface area contributed by atoms with Crippen LogP contribution < -0.4 is 4.90 Å². The highest BCUT2D eigenvalue weighted by Crippen LogP contribution is 2.34. The van der Waals surface area contributed by atoms with Gasteiger partial charge in [0, 0.05) is 34.0 Å². The third kappa shape index (κ3) is 4.20. The largest absolute Gasteiger partial charge is 0.311 e. The van der Waals surface area contributed by atoms with Crippen LogP contribution in [0.3, 0.4) is 0 Å². The molecule has 1 aromatic carbocycles. The Balaban J connectivity index is 2.21. The Morgan fingerprint density at radius 1 is 1.43 bits per heavy atom. The van der Waals surface area contributed by atoms with Gasteiger partial charge in [-0.25, -0.2) is 8.42 Å². The number of nitrogens with zero attached hydrogens (tertiary/aromatic N) is 1. The van der Waals surface area contributed by atoms with Crippen LogP contribution in [0.2, 0.25) is 0 Å². The number of rotatable bonds is 4. The van der Waals surface area contributed by atoms with Gasteiger partial charge in [0.05, 0.1) is 11.4 Å². The standard InChI is InChI=1S/C14H17BrClNO3S/c1-9(2)11-3-4-13(12(15)6-11)17-7-10(5-14(17)18)8-21(16,19)20/h3-4,6,9-10H,5,7-8H2,1-2H3. The van der Waals surface area contributed by atoms with E-state index in [-0.39, 0.29) is 24.0 Å². The van der Waals surface area contributed by atoms with Gasteiger partial charge < -0.3 is 4.90 Å². The summed E-state index contributed by atoms with van der Waals surface area (Å²) >= 11 is 3.50. The molecule has 1 amide bonds. The molecule has 1 saturated heterocycles. The van der Waals surface area contributed by atoms with E-state index >= 15 is 0 Å². The zero-order valence-electron chi connectivity index (χ0n) is 11.8. The number of hydrogen-bond donors (Lipinski definition) is 0. The highest BCUT2D eigenvalue weighted by molar-refractivity contribution is 9.10. The maximum absolute atomic E-state index is 12.1. The van der Waals surface area contributed by atoms with Crippen LogP contribution in [0, 0.1) is 5.92 Å². The van der Waals surface area contributed by atoms with E-state index in [9.17, 15) is 13.2 Å². The van der Waals surface area contributed by atoms with E-state index < -0.39 is 9.05 Å². The molecule has 1 unspecified atom stereocenters. The maximum Gasteiger partial charge on any atom is 0.232 e. The van der Waals surface area contributed by atoms with Crippen LogP contribution >= 0.6 is 26.6 Å². The molecular formula is C14H17BrClNO3S. The number of hydrogen-bond acceptors (Lipinski definition) is 3. The molecule has 0 saturated carbocycles. The van der Waals surface area contributed by atoms with Crippen LogP contribution in [0.25, 0.3) is 0 Å². The topological polar surface area (TPSA) is 54.5 Å². The normalized spacial score (nSPS) is 19.6. The average Bonchev–Trinajstić information content (AvgIpc) is 2.67. The third-order valence-corrected chi connectivity index (χ3v) is 5.45. The molecule has 0 N–H and O–H groups in total. The van der Waals surface area contributed by atoms with Crippen molar-refractivity contribution in [2.24, 2.45) is 5.92 Å². The number of carbonyl (C=O) groups excluding carboxylic acids is 1. The van der Waals surface area contributed by atoms with Gasteiger partial charge in [-0.3, -0.25) is 4.79 Å². The summed E-state index contributed by atoms with van der Waals surface area (Å²) < 4.78 is 23.1. The molecule has 1 aromatic rings. The zero-order valence-corrected chi connectivity index (χ0v) is 15.0. The van der Waals surface area contributed by atoms with Gasteiger partial charge in [0.25, 0.3) is 0 Å². The van der Waals surface area contributed by atoms with E-state index in [0.29, 0.717) is 12.5 Å². The monoisotopic (exact) mass is 393 g/mol. The molecule has 21 heavy (non-hydrogen) atoms. The first kappa shape index (κ1) is 16.8. The van der Waals surface area contributed by atoms with Crippen molar-refractivity contribution in [1.29, 1.82) is 0 Å². The second-order valence-corrected chi connectivity index (χ2v) is 9.32. The predicted octanol–water partition coefficient (Wildman–Crippen LogP) is 3.49. The van der Waals surface area contributed by atoms with E-state index in [1.807, 2.05) is 18.2 Å². The molecule has 0 radical (unpaired) electrons. The lowest BCUT2D eigenvalue weighted by Crippen LogP contribution is -2.25. The first-order chi connectivity index (χ1) is 9.67. The second-order valence-electron chi connectivity index (χ2n) is 5.65. The minimum atomic E-state index is -3.58. The average molecular weight is 395 g/mol. The first-order valence-corrected chi connectivity index (χ1v) is 9.96. The summed E-state index contributed by atoms with van der Waals surface area (Å²) in [5, 5.41) is 0. The second kappa shape index (κ2) is 6.26. The van der Waals surface area contributed by atoms with E-state index in [1.54, 1.807) is 4.90 Å². The van der Waals surface area contributed by atoms with Crippen LogP contribution in [0.15, 0.2) is 22.7 Å². The molecule has 1 heterocycles. The molecule has 0 aromatic heterocycles. The Morgan fingerprint density at radius 2 is 2.10 bits per heavy atom. The summed E-state index contributed by atoms with van der Waals surface area (Å²) in [6.07, 6.45) is 0.213. The van der Waals surface area contributed by atoms with Gasteiger partial charge >= 0.3 is 0 Å². The Bertz CT molecular complexity index is 660. The summed E-state index contributed by atoms with van der Waals surface area (Å²) in [5.41, 5.74) is 1.95. The molecule has 0 bridgehead atoms. The number of carbonyl (C=O) groups is 1. The number of anilines is 1. The Morgan fingerprint density at radius 3 is 2.62 bits per heavy atom. The van der Waals surface area contributed by atoms with E-state index in [1.165, 1.54) is 5.56 Å². The van der Waals surface area contributed by atoms with Crippen molar-refractivity contribution in [3.63, 3.8) is 0 Å². The number of halogens is 2. The molecule has 1 fully saturated rings. The van der Waals surface area contributed by atoms with Gasteiger partial charge in [0.1, 0.15) is 0 Å². The molecule has 116 valence electrons. The Labute approximate surface area is 138 Å². The van der Waals surface area contributed by atoms with Crippen LogP contribution in [0.4, 0.5) is 5.69 Å². The number of amides is 1. The molecule has 1 atom stereocenters. The fourth-order valence-electron chi connectivity index (χ4n) is 2.51. The molecular weight excluding hydrogens is 378 g/mol. The molecule has 0 aliphatic carbocycles. The van der Waals surface area contributed by atoms with Gasteiger partial charge in [-0.2, -0.15) is 0 Å².